The van der Waals surface area contributed by atoms with Crippen LogP contribution in [0.25, 0.3) is 10.8 Å². The van der Waals surface area contributed by atoms with Gasteiger partial charge in [-0.1, -0.05) is 37.1 Å². The highest BCUT2D eigenvalue weighted by Crippen LogP contribution is 2.31. The van der Waals surface area contributed by atoms with Gasteiger partial charge in [0.1, 0.15) is 5.82 Å². The van der Waals surface area contributed by atoms with E-state index < -0.39 is 17.8 Å². The summed E-state index contributed by atoms with van der Waals surface area (Å²) in [5.41, 5.74) is 0. The van der Waals surface area contributed by atoms with Crippen LogP contribution in [-0.4, -0.2) is 22.0 Å². The van der Waals surface area contributed by atoms with Crippen molar-refractivity contribution in [3.63, 3.8) is 0 Å². The molecule has 0 radical (unpaired) electrons. The predicted molar refractivity (Wildman–Crippen MR) is 83.5 cm³/mol. The number of anilines is 1. The topological polar surface area (TPSA) is 79.3 Å². The Morgan fingerprint density at radius 3 is 2.50 bits per heavy atom. The SMILES string of the molecule is O=C(O)C1CCCCC1C(=O)Nc1cc2ccccc2cn1. The second kappa shape index (κ2) is 6.13. The molecule has 2 unspecified atom stereocenters. The molecule has 0 saturated heterocycles. The molecule has 114 valence electrons. The number of carboxylic acids is 1. The number of pyridine rings is 1. The number of fused-ring (bicyclic) bond motifs is 1. The maximum atomic E-state index is 12.4. The number of nitrogens with zero attached hydrogens (tertiary/aromatic N) is 1. The fourth-order valence-electron chi connectivity index (χ4n) is 3.11. The van der Waals surface area contributed by atoms with Crippen molar-refractivity contribution >= 4 is 28.5 Å². The van der Waals surface area contributed by atoms with Crippen LogP contribution in [0.4, 0.5) is 5.82 Å². The molecule has 1 aliphatic carbocycles. The zero-order valence-electron chi connectivity index (χ0n) is 12.2. The third-order valence-corrected chi connectivity index (χ3v) is 4.30. The molecule has 1 heterocycles. The lowest BCUT2D eigenvalue weighted by Gasteiger charge is -2.27. The van der Waals surface area contributed by atoms with Crippen LogP contribution in [-0.2, 0) is 9.59 Å². The molecule has 22 heavy (non-hydrogen) atoms. The molecule has 1 aromatic carbocycles. The van der Waals surface area contributed by atoms with Crippen molar-refractivity contribution in [1.82, 2.24) is 4.98 Å². The van der Waals surface area contributed by atoms with E-state index in [0.29, 0.717) is 18.7 Å². The lowest BCUT2D eigenvalue weighted by atomic mass is 9.79. The fourth-order valence-corrected chi connectivity index (χ4v) is 3.11. The van der Waals surface area contributed by atoms with Crippen LogP contribution in [0.5, 0.6) is 0 Å². The molecule has 3 rings (SSSR count). The minimum atomic E-state index is -0.883. The van der Waals surface area contributed by atoms with Crippen molar-refractivity contribution < 1.29 is 14.7 Å². The highest BCUT2D eigenvalue weighted by Gasteiger charge is 2.35. The summed E-state index contributed by atoms with van der Waals surface area (Å²) in [4.78, 5) is 27.9. The predicted octanol–water partition coefficient (Wildman–Crippen LogP) is 3.06. The standard InChI is InChI=1S/C17H18N2O3/c20-16(13-7-3-4-8-14(13)17(21)22)19-15-9-11-5-1-2-6-12(11)10-18-15/h1-2,5-6,9-10,13-14H,3-4,7-8H2,(H,21,22)(H,18,19,20). The number of rotatable bonds is 3. The van der Waals surface area contributed by atoms with E-state index in [1.54, 1.807) is 6.20 Å². The highest BCUT2D eigenvalue weighted by molar-refractivity contribution is 5.96. The quantitative estimate of drug-likeness (QED) is 0.912. The van der Waals surface area contributed by atoms with Crippen LogP contribution in [0.15, 0.2) is 36.5 Å². The Balaban J connectivity index is 1.78. The molecular formula is C17H18N2O3. The van der Waals surface area contributed by atoms with Gasteiger partial charge in [-0.15, -0.1) is 0 Å². The van der Waals surface area contributed by atoms with Crippen LogP contribution in [0.1, 0.15) is 25.7 Å². The normalized spacial score (nSPS) is 21.5. The summed E-state index contributed by atoms with van der Waals surface area (Å²) in [5, 5.41) is 14.0. The summed E-state index contributed by atoms with van der Waals surface area (Å²) >= 11 is 0. The molecule has 2 atom stereocenters. The Morgan fingerprint density at radius 2 is 1.77 bits per heavy atom. The number of hydrogen-bond acceptors (Lipinski definition) is 3. The Hall–Kier alpha value is -2.43. The van der Waals surface area contributed by atoms with E-state index in [-0.39, 0.29) is 5.91 Å². The van der Waals surface area contributed by atoms with Crippen LogP contribution in [0.2, 0.25) is 0 Å². The molecule has 2 N–H and O–H groups in total. The van der Waals surface area contributed by atoms with E-state index in [1.165, 1.54) is 0 Å². The van der Waals surface area contributed by atoms with Crippen LogP contribution >= 0.6 is 0 Å². The highest BCUT2D eigenvalue weighted by atomic mass is 16.4. The third kappa shape index (κ3) is 2.93. The van der Waals surface area contributed by atoms with Crippen molar-refractivity contribution in [1.29, 1.82) is 0 Å². The number of aromatic nitrogens is 1. The first-order chi connectivity index (χ1) is 10.6. The first-order valence-corrected chi connectivity index (χ1v) is 7.53. The molecule has 1 aromatic heterocycles. The van der Waals surface area contributed by atoms with E-state index >= 15 is 0 Å². The van der Waals surface area contributed by atoms with Crippen LogP contribution < -0.4 is 5.32 Å². The number of amides is 1. The van der Waals surface area contributed by atoms with Crippen molar-refractivity contribution in [3.8, 4) is 0 Å². The molecule has 0 aliphatic heterocycles. The van der Waals surface area contributed by atoms with Gasteiger partial charge in [-0.3, -0.25) is 9.59 Å². The molecular weight excluding hydrogens is 280 g/mol. The van der Waals surface area contributed by atoms with Gasteiger partial charge < -0.3 is 10.4 Å². The molecule has 1 saturated carbocycles. The summed E-state index contributed by atoms with van der Waals surface area (Å²) in [6, 6.07) is 9.58. The lowest BCUT2D eigenvalue weighted by molar-refractivity contribution is -0.147. The van der Waals surface area contributed by atoms with E-state index in [2.05, 4.69) is 10.3 Å². The van der Waals surface area contributed by atoms with Gasteiger partial charge in [0.25, 0.3) is 0 Å². The Labute approximate surface area is 128 Å². The maximum absolute atomic E-state index is 12.4. The molecule has 5 nitrogen and oxygen atoms in total. The number of hydrogen-bond donors (Lipinski definition) is 2. The summed E-state index contributed by atoms with van der Waals surface area (Å²) in [5.74, 6) is -1.71. The summed E-state index contributed by atoms with van der Waals surface area (Å²) in [6.07, 6.45) is 4.66. The van der Waals surface area contributed by atoms with Gasteiger partial charge in [0, 0.05) is 11.6 Å². The zero-order chi connectivity index (χ0) is 15.5. The maximum Gasteiger partial charge on any atom is 0.307 e. The molecule has 0 bridgehead atoms. The molecule has 1 fully saturated rings. The number of carbonyl (C=O) groups excluding carboxylic acids is 1. The molecule has 1 aliphatic rings. The van der Waals surface area contributed by atoms with Gasteiger partial charge >= 0.3 is 5.97 Å². The van der Waals surface area contributed by atoms with Gasteiger partial charge in [-0.05, 0) is 24.3 Å². The molecule has 5 heteroatoms. The first kappa shape index (κ1) is 14.5. The van der Waals surface area contributed by atoms with Gasteiger partial charge in [0.2, 0.25) is 5.91 Å². The van der Waals surface area contributed by atoms with Crippen molar-refractivity contribution in [3.05, 3.63) is 36.5 Å². The summed E-state index contributed by atoms with van der Waals surface area (Å²) < 4.78 is 0. The summed E-state index contributed by atoms with van der Waals surface area (Å²) in [7, 11) is 0. The fraction of sp³-hybridized carbons (Fsp3) is 0.353. The van der Waals surface area contributed by atoms with Crippen molar-refractivity contribution in [2.45, 2.75) is 25.7 Å². The van der Waals surface area contributed by atoms with Gasteiger partial charge in [0.15, 0.2) is 0 Å². The number of carbonyl (C=O) groups is 2. The van der Waals surface area contributed by atoms with E-state index in [0.717, 1.165) is 23.6 Å². The Morgan fingerprint density at radius 1 is 1.09 bits per heavy atom. The van der Waals surface area contributed by atoms with Crippen LogP contribution in [0.3, 0.4) is 0 Å². The van der Waals surface area contributed by atoms with E-state index in [1.807, 2.05) is 30.3 Å². The van der Waals surface area contributed by atoms with Gasteiger partial charge in [0.05, 0.1) is 11.8 Å². The van der Waals surface area contributed by atoms with Crippen molar-refractivity contribution in [2.75, 3.05) is 5.32 Å². The summed E-state index contributed by atoms with van der Waals surface area (Å²) in [6.45, 7) is 0. The minimum Gasteiger partial charge on any atom is -0.481 e. The Kier molecular flexibility index (Phi) is 4.04. The van der Waals surface area contributed by atoms with Crippen molar-refractivity contribution in [2.24, 2.45) is 11.8 Å². The third-order valence-electron chi connectivity index (χ3n) is 4.30. The zero-order valence-corrected chi connectivity index (χ0v) is 12.2. The smallest absolute Gasteiger partial charge is 0.307 e. The van der Waals surface area contributed by atoms with Crippen LogP contribution in [0, 0.1) is 11.8 Å². The van der Waals surface area contributed by atoms with Gasteiger partial charge in [-0.2, -0.15) is 0 Å². The number of carboxylic acid groups (broad SMARTS) is 1. The second-order valence-electron chi connectivity index (χ2n) is 5.74. The average Bonchev–Trinajstić information content (AvgIpc) is 2.54. The lowest BCUT2D eigenvalue weighted by Crippen LogP contribution is -2.36. The average molecular weight is 298 g/mol. The van der Waals surface area contributed by atoms with Gasteiger partial charge in [-0.25, -0.2) is 4.98 Å². The Bertz CT molecular complexity index is 714. The first-order valence-electron chi connectivity index (χ1n) is 7.53. The largest absolute Gasteiger partial charge is 0.481 e. The molecule has 2 aromatic rings. The second-order valence-corrected chi connectivity index (χ2v) is 5.74. The molecule has 1 amide bonds. The monoisotopic (exact) mass is 298 g/mol. The number of nitrogens with one attached hydrogen (secondary N) is 1. The van der Waals surface area contributed by atoms with E-state index in [4.69, 9.17) is 0 Å². The number of aliphatic carboxylic acids is 1. The molecule has 0 spiro atoms. The number of benzene rings is 1. The van der Waals surface area contributed by atoms with E-state index in [9.17, 15) is 14.7 Å². The minimum absolute atomic E-state index is 0.241.